The summed E-state index contributed by atoms with van der Waals surface area (Å²) in [7, 11) is 4.64. The number of aromatic nitrogens is 2. The number of benzene rings is 3. The van der Waals surface area contributed by atoms with Gasteiger partial charge in [-0.25, -0.2) is 9.78 Å². The van der Waals surface area contributed by atoms with Crippen LogP contribution in [-0.2, 0) is 0 Å². The van der Waals surface area contributed by atoms with Crippen molar-refractivity contribution in [1.82, 2.24) is 20.2 Å². The van der Waals surface area contributed by atoms with Gasteiger partial charge < -0.3 is 29.7 Å². The summed E-state index contributed by atoms with van der Waals surface area (Å²) in [5, 5.41) is 6.20. The summed E-state index contributed by atoms with van der Waals surface area (Å²) in [6.45, 7) is 11.8. The van der Waals surface area contributed by atoms with Crippen LogP contribution in [0.4, 0.5) is 22.1 Å². The molecule has 0 atom stereocenters. The number of ether oxygens (including phenoxy) is 3. The van der Waals surface area contributed by atoms with E-state index in [9.17, 15) is 9.59 Å². The molecule has 248 valence electrons. The molecule has 0 radical (unpaired) electrons. The van der Waals surface area contributed by atoms with Crippen LogP contribution in [0.15, 0.2) is 66.7 Å². The predicted molar refractivity (Wildman–Crippen MR) is 185 cm³/mol. The molecule has 3 aromatic carbocycles. The zero-order chi connectivity index (χ0) is 33.9. The van der Waals surface area contributed by atoms with Crippen molar-refractivity contribution in [2.75, 3.05) is 57.7 Å². The molecule has 0 saturated heterocycles. The maximum atomic E-state index is 13.4. The topological polar surface area (TPSA) is 118 Å². The lowest BCUT2D eigenvalue weighted by molar-refractivity contribution is 0.0951. The van der Waals surface area contributed by atoms with Crippen molar-refractivity contribution >= 4 is 29.3 Å². The largest absolute Gasteiger partial charge is 0.497 e. The van der Waals surface area contributed by atoms with Gasteiger partial charge in [-0.2, -0.15) is 4.98 Å². The van der Waals surface area contributed by atoms with E-state index in [1.807, 2.05) is 38.1 Å². The van der Waals surface area contributed by atoms with Crippen LogP contribution in [0.3, 0.4) is 0 Å². The van der Waals surface area contributed by atoms with Crippen LogP contribution in [0.5, 0.6) is 17.4 Å². The Balaban J connectivity index is 1.59. The average Bonchev–Trinajstić information content (AvgIpc) is 3.08. The molecule has 0 fully saturated rings. The van der Waals surface area contributed by atoms with Crippen LogP contribution in [0.2, 0.25) is 0 Å². The zero-order valence-electron chi connectivity index (χ0n) is 28.2. The molecule has 2 N–H and O–H groups in total. The Morgan fingerprint density at radius 3 is 2.38 bits per heavy atom. The van der Waals surface area contributed by atoms with Crippen LogP contribution in [0.25, 0.3) is 11.3 Å². The van der Waals surface area contributed by atoms with E-state index in [0.717, 1.165) is 42.7 Å². The molecule has 0 spiro atoms. The third kappa shape index (κ3) is 8.98. The fourth-order valence-electron chi connectivity index (χ4n) is 5.03. The van der Waals surface area contributed by atoms with Gasteiger partial charge in [0.2, 0.25) is 11.8 Å². The highest BCUT2D eigenvalue weighted by Crippen LogP contribution is 2.33. The number of amides is 2. The fourth-order valence-corrected chi connectivity index (χ4v) is 5.03. The molecule has 0 bridgehead atoms. The second kappa shape index (κ2) is 16.4. The van der Waals surface area contributed by atoms with Gasteiger partial charge in [0.05, 0.1) is 25.6 Å². The first kappa shape index (κ1) is 34.7. The van der Waals surface area contributed by atoms with Crippen LogP contribution < -0.4 is 29.7 Å². The first-order valence-electron chi connectivity index (χ1n) is 15.7. The monoisotopic (exact) mass is 640 g/mol. The molecule has 2 amide bonds. The van der Waals surface area contributed by atoms with Crippen LogP contribution >= 0.6 is 0 Å². The lowest BCUT2D eigenvalue weighted by atomic mass is 10.0. The highest BCUT2D eigenvalue weighted by Gasteiger charge is 2.21. The summed E-state index contributed by atoms with van der Waals surface area (Å²) in [5.74, 6) is 1.11. The normalized spacial score (nSPS) is 10.8. The number of hydrogen-bond acceptors (Lipinski definition) is 9. The highest BCUT2D eigenvalue weighted by molar-refractivity contribution is 5.95. The van der Waals surface area contributed by atoms with Crippen molar-refractivity contribution < 1.29 is 23.8 Å². The van der Waals surface area contributed by atoms with Crippen LogP contribution in [0.1, 0.15) is 41.8 Å². The lowest BCUT2D eigenvalue weighted by Gasteiger charge is -2.20. The standard InChI is InChI=1S/C36H44N6O5/c1-8-42(9-2)20-12-19-37-34(43)26-14-11-15-27(21-26)38-35-39-30(29-16-10-13-24(3)25(29)4)23-33(40-35)47-36(44)41(5)31-22-28(45-6)17-18-32(31)46-7/h10-11,13-18,21-23H,8-9,12,19-20H2,1-7H3,(H,37,43)(H,38,39,40). The Morgan fingerprint density at radius 2 is 1.66 bits per heavy atom. The van der Waals surface area contributed by atoms with Gasteiger partial charge in [-0.1, -0.05) is 38.1 Å². The zero-order valence-corrected chi connectivity index (χ0v) is 28.2. The Kier molecular flexibility index (Phi) is 12.1. The molecule has 11 nitrogen and oxygen atoms in total. The molecular formula is C36H44N6O5. The average molecular weight is 641 g/mol. The van der Waals surface area contributed by atoms with Gasteiger partial charge in [0, 0.05) is 42.5 Å². The molecule has 1 heterocycles. The van der Waals surface area contributed by atoms with E-state index in [-0.39, 0.29) is 17.7 Å². The number of anilines is 3. The minimum Gasteiger partial charge on any atom is -0.497 e. The molecule has 0 unspecified atom stereocenters. The van der Waals surface area contributed by atoms with Gasteiger partial charge in [0.1, 0.15) is 11.5 Å². The number of hydrogen-bond donors (Lipinski definition) is 2. The Labute approximate surface area is 276 Å². The molecule has 4 aromatic rings. The van der Waals surface area contributed by atoms with E-state index in [1.165, 1.54) is 12.0 Å². The van der Waals surface area contributed by atoms with Crippen molar-refractivity contribution in [2.45, 2.75) is 34.1 Å². The smallest absolute Gasteiger partial charge is 0.420 e. The summed E-state index contributed by atoms with van der Waals surface area (Å²) in [6.07, 6.45) is 0.179. The summed E-state index contributed by atoms with van der Waals surface area (Å²) in [6, 6.07) is 19.8. The molecule has 0 aliphatic heterocycles. The Morgan fingerprint density at radius 1 is 0.894 bits per heavy atom. The van der Waals surface area contributed by atoms with E-state index in [2.05, 4.69) is 34.4 Å². The third-order valence-corrected chi connectivity index (χ3v) is 8.01. The molecule has 1 aromatic heterocycles. The number of rotatable bonds is 14. The van der Waals surface area contributed by atoms with E-state index in [0.29, 0.717) is 40.7 Å². The van der Waals surface area contributed by atoms with E-state index >= 15 is 0 Å². The predicted octanol–water partition coefficient (Wildman–Crippen LogP) is 6.62. The van der Waals surface area contributed by atoms with Gasteiger partial charge in [-0.05, 0) is 81.4 Å². The summed E-state index contributed by atoms with van der Waals surface area (Å²) < 4.78 is 16.6. The second-order valence-electron chi connectivity index (χ2n) is 11.0. The van der Waals surface area contributed by atoms with Crippen molar-refractivity contribution in [3.8, 4) is 28.6 Å². The number of nitrogens with zero attached hydrogens (tertiary/aromatic N) is 4. The van der Waals surface area contributed by atoms with E-state index in [1.54, 1.807) is 56.6 Å². The number of methoxy groups -OCH3 is 2. The summed E-state index contributed by atoms with van der Waals surface area (Å²) in [4.78, 5) is 39.2. The van der Waals surface area contributed by atoms with Crippen molar-refractivity contribution in [3.63, 3.8) is 0 Å². The maximum absolute atomic E-state index is 13.4. The van der Waals surface area contributed by atoms with Crippen LogP contribution in [-0.4, -0.2) is 74.3 Å². The first-order chi connectivity index (χ1) is 22.7. The van der Waals surface area contributed by atoms with Gasteiger partial charge in [-0.15, -0.1) is 0 Å². The number of carbonyl (C=O) groups is 2. The van der Waals surface area contributed by atoms with Gasteiger partial charge in [0.25, 0.3) is 5.91 Å². The molecule has 0 saturated carbocycles. The van der Waals surface area contributed by atoms with Gasteiger partial charge >= 0.3 is 6.09 Å². The first-order valence-corrected chi connectivity index (χ1v) is 15.7. The second-order valence-corrected chi connectivity index (χ2v) is 11.0. The summed E-state index contributed by atoms with van der Waals surface area (Å²) >= 11 is 0. The fraction of sp³-hybridized carbons (Fsp3) is 0.333. The highest BCUT2D eigenvalue weighted by atomic mass is 16.6. The van der Waals surface area contributed by atoms with Crippen molar-refractivity contribution in [3.05, 3.63) is 83.4 Å². The third-order valence-electron chi connectivity index (χ3n) is 8.01. The SMILES string of the molecule is CCN(CC)CCCNC(=O)c1cccc(Nc2nc(OC(=O)N(C)c3cc(OC)ccc3OC)cc(-c3cccc(C)c3C)n2)c1. The van der Waals surface area contributed by atoms with Crippen LogP contribution in [0, 0.1) is 13.8 Å². The molecular weight excluding hydrogens is 596 g/mol. The lowest BCUT2D eigenvalue weighted by Crippen LogP contribution is -2.30. The minimum atomic E-state index is -0.687. The van der Waals surface area contributed by atoms with E-state index < -0.39 is 6.09 Å². The maximum Gasteiger partial charge on any atom is 0.420 e. The summed E-state index contributed by atoms with van der Waals surface area (Å²) in [5.41, 5.74) is 5.13. The molecule has 47 heavy (non-hydrogen) atoms. The number of carbonyl (C=O) groups excluding carboxylic acids is 2. The minimum absolute atomic E-state index is 0.0409. The molecule has 11 heteroatoms. The van der Waals surface area contributed by atoms with Crippen molar-refractivity contribution in [2.24, 2.45) is 0 Å². The van der Waals surface area contributed by atoms with E-state index in [4.69, 9.17) is 19.2 Å². The van der Waals surface area contributed by atoms with Gasteiger partial charge in [0.15, 0.2) is 0 Å². The molecule has 0 aliphatic rings. The number of aryl methyl sites for hydroxylation is 1. The molecule has 4 rings (SSSR count). The quantitative estimate of drug-likeness (QED) is 0.147. The van der Waals surface area contributed by atoms with Gasteiger partial charge in [-0.3, -0.25) is 9.69 Å². The Hall–Kier alpha value is -5.16. The molecule has 0 aliphatic carbocycles. The Bertz CT molecular complexity index is 1690. The van der Waals surface area contributed by atoms with Crippen molar-refractivity contribution in [1.29, 1.82) is 0 Å². The number of nitrogens with one attached hydrogen (secondary N) is 2.